The molecular weight excluding hydrogens is 450 g/mol. The highest BCUT2D eigenvalue weighted by Gasteiger charge is 2.26. The van der Waals surface area contributed by atoms with Gasteiger partial charge in [0.1, 0.15) is 4.88 Å². The minimum absolute atomic E-state index is 0.129. The van der Waals surface area contributed by atoms with E-state index in [0.29, 0.717) is 36.7 Å². The van der Waals surface area contributed by atoms with Gasteiger partial charge in [0.2, 0.25) is 10.0 Å². The molecule has 32 heavy (non-hydrogen) atoms. The van der Waals surface area contributed by atoms with Crippen LogP contribution in [0.3, 0.4) is 0 Å². The second-order valence-corrected chi connectivity index (χ2v) is 11.1. The largest absolute Gasteiger partial charge is 0.453 e. The molecule has 0 bridgehead atoms. The molecule has 1 aliphatic heterocycles. The molecule has 0 saturated carbocycles. The minimum atomic E-state index is -3.62. The number of fused-ring (bicyclic) bond motifs is 1. The lowest BCUT2D eigenvalue weighted by Crippen LogP contribution is -2.40. The standard InChI is InChI=1S/C23H27NO6S2/c25-20(16-30-23(26)22-15-18-5-3-1-2-4-6-21(18)31-22)17-7-9-19(10-8-17)32(27,28)24-11-13-29-14-12-24/h7-10,15H,1-6,11-14,16H2. The molecule has 0 atom stereocenters. The first-order chi connectivity index (χ1) is 15.4. The number of nitrogens with zero attached hydrogens (tertiary/aromatic N) is 1. The molecule has 1 saturated heterocycles. The highest BCUT2D eigenvalue weighted by Crippen LogP contribution is 2.29. The molecule has 172 valence electrons. The number of ketones is 1. The van der Waals surface area contributed by atoms with Crippen LogP contribution in [0.4, 0.5) is 0 Å². The monoisotopic (exact) mass is 477 g/mol. The average molecular weight is 478 g/mol. The van der Waals surface area contributed by atoms with Gasteiger partial charge in [-0.3, -0.25) is 4.79 Å². The summed E-state index contributed by atoms with van der Waals surface area (Å²) in [6.45, 7) is 0.982. The summed E-state index contributed by atoms with van der Waals surface area (Å²) < 4.78 is 37.2. The van der Waals surface area contributed by atoms with E-state index < -0.39 is 16.0 Å². The van der Waals surface area contributed by atoms with Crippen molar-refractivity contribution < 1.29 is 27.5 Å². The summed E-state index contributed by atoms with van der Waals surface area (Å²) in [5, 5.41) is 0. The zero-order valence-electron chi connectivity index (χ0n) is 17.9. The van der Waals surface area contributed by atoms with Crippen molar-refractivity contribution in [1.29, 1.82) is 0 Å². The van der Waals surface area contributed by atoms with E-state index >= 15 is 0 Å². The van der Waals surface area contributed by atoms with Gasteiger partial charge in [-0.25, -0.2) is 13.2 Å². The number of rotatable bonds is 6. The SMILES string of the molecule is O=C(COC(=O)c1cc2c(s1)CCCCCC2)c1ccc(S(=O)(=O)N2CCOCC2)cc1. The van der Waals surface area contributed by atoms with Crippen LogP contribution in [0.15, 0.2) is 35.2 Å². The van der Waals surface area contributed by atoms with E-state index in [1.165, 1.54) is 63.2 Å². The summed E-state index contributed by atoms with van der Waals surface area (Å²) >= 11 is 1.47. The van der Waals surface area contributed by atoms with E-state index in [9.17, 15) is 18.0 Å². The van der Waals surface area contributed by atoms with Gasteiger partial charge in [-0.15, -0.1) is 11.3 Å². The van der Waals surface area contributed by atoms with Crippen LogP contribution in [0.5, 0.6) is 0 Å². The Bertz CT molecular complexity index is 1040. The maximum Gasteiger partial charge on any atom is 0.348 e. The maximum absolute atomic E-state index is 12.7. The normalized spacial score (nSPS) is 17.8. The number of esters is 1. The summed E-state index contributed by atoms with van der Waals surface area (Å²) in [7, 11) is -3.62. The number of hydrogen-bond acceptors (Lipinski definition) is 7. The smallest absolute Gasteiger partial charge is 0.348 e. The molecule has 0 spiro atoms. The minimum Gasteiger partial charge on any atom is -0.453 e. The average Bonchev–Trinajstić information content (AvgIpc) is 3.19. The lowest BCUT2D eigenvalue weighted by atomic mass is 10.00. The summed E-state index contributed by atoms with van der Waals surface area (Å²) in [6, 6.07) is 7.66. The van der Waals surface area contributed by atoms with Gasteiger partial charge in [0, 0.05) is 23.5 Å². The Hall–Kier alpha value is -2.07. The number of carbonyl (C=O) groups is 2. The molecule has 0 unspecified atom stereocenters. The third-order valence-corrected chi connectivity index (χ3v) is 8.95. The fourth-order valence-electron chi connectivity index (χ4n) is 3.98. The summed E-state index contributed by atoms with van der Waals surface area (Å²) in [5.74, 6) is -0.856. The fourth-order valence-corrected chi connectivity index (χ4v) is 6.53. The Morgan fingerprint density at radius 2 is 1.69 bits per heavy atom. The van der Waals surface area contributed by atoms with Crippen molar-refractivity contribution in [2.45, 2.75) is 43.4 Å². The van der Waals surface area contributed by atoms with Crippen molar-refractivity contribution in [3.05, 3.63) is 51.2 Å². The fraction of sp³-hybridized carbons (Fsp3) is 0.478. The molecule has 1 fully saturated rings. The van der Waals surface area contributed by atoms with Crippen LogP contribution in [0.2, 0.25) is 0 Å². The number of carbonyl (C=O) groups excluding carboxylic acids is 2. The number of aryl methyl sites for hydroxylation is 2. The molecule has 0 N–H and O–H groups in total. The van der Waals surface area contributed by atoms with Crippen molar-refractivity contribution in [1.82, 2.24) is 4.31 Å². The summed E-state index contributed by atoms with van der Waals surface area (Å²) in [5.41, 5.74) is 1.53. The van der Waals surface area contributed by atoms with E-state index in [-0.39, 0.29) is 17.3 Å². The van der Waals surface area contributed by atoms with Crippen molar-refractivity contribution in [2.24, 2.45) is 0 Å². The van der Waals surface area contributed by atoms with Gasteiger partial charge in [-0.1, -0.05) is 12.8 Å². The first kappa shape index (κ1) is 23.1. The Morgan fingerprint density at radius 1 is 1.00 bits per heavy atom. The van der Waals surface area contributed by atoms with Crippen molar-refractivity contribution in [3.8, 4) is 0 Å². The zero-order valence-corrected chi connectivity index (χ0v) is 19.5. The van der Waals surface area contributed by atoms with E-state index in [2.05, 4.69) is 0 Å². The molecule has 0 amide bonds. The summed E-state index contributed by atoms with van der Waals surface area (Å²) in [6.07, 6.45) is 6.68. The van der Waals surface area contributed by atoms with Crippen molar-refractivity contribution in [3.63, 3.8) is 0 Å². The van der Waals surface area contributed by atoms with E-state index in [4.69, 9.17) is 9.47 Å². The van der Waals surface area contributed by atoms with Gasteiger partial charge >= 0.3 is 5.97 Å². The van der Waals surface area contributed by atoms with Crippen molar-refractivity contribution in [2.75, 3.05) is 32.9 Å². The first-order valence-corrected chi connectivity index (χ1v) is 13.2. The second kappa shape index (κ2) is 10.2. The second-order valence-electron chi connectivity index (χ2n) is 8.01. The number of Topliss-reactive ketones (excluding diaryl/α,β-unsaturated/α-hetero) is 1. The van der Waals surface area contributed by atoms with Crippen LogP contribution in [-0.2, 0) is 32.3 Å². The lowest BCUT2D eigenvalue weighted by Gasteiger charge is -2.26. The number of thiophene rings is 1. The predicted octanol–water partition coefficient (Wildman–Crippen LogP) is 3.47. The highest BCUT2D eigenvalue weighted by atomic mass is 32.2. The lowest BCUT2D eigenvalue weighted by molar-refractivity contribution is 0.0479. The molecular formula is C23H27NO6S2. The number of sulfonamides is 1. The van der Waals surface area contributed by atoms with Crippen LogP contribution in [0, 0.1) is 0 Å². The number of benzene rings is 1. The molecule has 1 aliphatic carbocycles. The molecule has 2 heterocycles. The van der Waals surface area contributed by atoms with Crippen LogP contribution < -0.4 is 0 Å². The molecule has 2 aliphatic rings. The third-order valence-electron chi connectivity index (χ3n) is 5.82. The Morgan fingerprint density at radius 3 is 2.41 bits per heavy atom. The van der Waals surface area contributed by atoms with E-state index in [1.54, 1.807) is 0 Å². The molecule has 7 nitrogen and oxygen atoms in total. The number of morpholine rings is 1. The number of hydrogen-bond donors (Lipinski definition) is 0. The van der Waals surface area contributed by atoms with E-state index in [1.807, 2.05) is 6.07 Å². The molecule has 1 aromatic carbocycles. The van der Waals surface area contributed by atoms with Crippen LogP contribution >= 0.6 is 11.3 Å². The zero-order chi connectivity index (χ0) is 22.6. The van der Waals surface area contributed by atoms with Crippen molar-refractivity contribution >= 4 is 33.1 Å². The summed E-state index contributed by atoms with van der Waals surface area (Å²) in [4.78, 5) is 26.9. The van der Waals surface area contributed by atoms with Crippen LogP contribution in [0.1, 0.15) is 56.2 Å². The van der Waals surface area contributed by atoms with Gasteiger partial charge in [0.15, 0.2) is 12.4 Å². The molecule has 2 aromatic rings. The van der Waals surface area contributed by atoms with Gasteiger partial charge in [-0.05, 0) is 61.6 Å². The molecule has 4 rings (SSSR count). The first-order valence-electron chi connectivity index (χ1n) is 10.9. The Balaban J connectivity index is 1.36. The number of ether oxygens (including phenoxy) is 2. The molecule has 0 radical (unpaired) electrons. The maximum atomic E-state index is 12.7. The van der Waals surface area contributed by atoms with Gasteiger partial charge in [0.05, 0.1) is 18.1 Å². The predicted molar refractivity (Wildman–Crippen MR) is 121 cm³/mol. The third kappa shape index (κ3) is 5.28. The van der Waals surface area contributed by atoms with Crippen LogP contribution in [-0.4, -0.2) is 57.4 Å². The van der Waals surface area contributed by atoms with Gasteiger partial charge in [-0.2, -0.15) is 4.31 Å². The highest BCUT2D eigenvalue weighted by molar-refractivity contribution is 7.89. The van der Waals surface area contributed by atoms with Crippen LogP contribution in [0.25, 0.3) is 0 Å². The molecule has 9 heteroatoms. The molecule has 1 aromatic heterocycles. The van der Waals surface area contributed by atoms with E-state index in [0.717, 1.165) is 25.7 Å². The van der Waals surface area contributed by atoms with Gasteiger partial charge < -0.3 is 9.47 Å². The Kier molecular flexibility index (Phi) is 7.40. The Labute approximate surface area is 192 Å². The quantitative estimate of drug-likeness (QED) is 0.468. The van der Waals surface area contributed by atoms with Gasteiger partial charge in [0.25, 0.3) is 0 Å². The topological polar surface area (TPSA) is 90.0 Å².